The van der Waals surface area contributed by atoms with Crippen molar-refractivity contribution >= 4 is 11.8 Å². The summed E-state index contributed by atoms with van der Waals surface area (Å²) in [5.41, 5.74) is 3.98. The molecule has 130 valence electrons. The second-order valence-corrected chi connectivity index (χ2v) is 5.90. The highest BCUT2D eigenvalue weighted by Crippen LogP contribution is 2.22. The fraction of sp³-hybridized carbons (Fsp3) is 0.412. The summed E-state index contributed by atoms with van der Waals surface area (Å²) in [5, 5.41) is 2.79. The fourth-order valence-electron chi connectivity index (χ4n) is 2.60. The maximum Gasteiger partial charge on any atom is 0.237 e. The summed E-state index contributed by atoms with van der Waals surface area (Å²) < 4.78 is 5.78. The van der Waals surface area contributed by atoms with Gasteiger partial charge < -0.3 is 10.1 Å². The van der Waals surface area contributed by atoms with Crippen molar-refractivity contribution in [1.82, 2.24) is 15.6 Å². The third-order valence-corrected chi connectivity index (χ3v) is 3.80. The van der Waals surface area contributed by atoms with E-state index in [2.05, 4.69) is 17.3 Å². The molecule has 0 spiro atoms. The Morgan fingerprint density at radius 1 is 1.50 bits per heavy atom. The molecule has 1 aliphatic rings. The number of ether oxygens (including phenoxy) is 1. The largest absolute Gasteiger partial charge is 0.489 e. The third-order valence-electron chi connectivity index (χ3n) is 3.80. The van der Waals surface area contributed by atoms with E-state index >= 15 is 0 Å². The van der Waals surface area contributed by atoms with E-state index in [0.717, 1.165) is 16.9 Å². The molecular formula is C17H24N4O3. The molecule has 0 aliphatic carbocycles. The number of hydrazine groups is 1. The summed E-state index contributed by atoms with van der Waals surface area (Å²) in [4.78, 5) is 25.7. The number of benzene rings is 1. The number of para-hydroxylation sites is 1. The van der Waals surface area contributed by atoms with Crippen LogP contribution in [0.2, 0.25) is 0 Å². The molecule has 0 radical (unpaired) electrons. The first-order chi connectivity index (χ1) is 11.5. The Kier molecular flexibility index (Phi) is 6.34. The van der Waals surface area contributed by atoms with Crippen molar-refractivity contribution in [3.05, 3.63) is 42.0 Å². The van der Waals surface area contributed by atoms with Crippen LogP contribution in [0.25, 0.3) is 0 Å². The highest BCUT2D eigenvalue weighted by Gasteiger charge is 2.31. The number of carbonyl (C=O) groups excluding carboxylic acids is 2. The maximum atomic E-state index is 12.1. The highest BCUT2D eigenvalue weighted by molar-refractivity contribution is 5.88. The van der Waals surface area contributed by atoms with Crippen molar-refractivity contribution in [2.75, 3.05) is 19.7 Å². The van der Waals surface area contributed by atoms with Crippen LogP contribution in [-0.2, 0) is 16.1 Å². The molecule has 1 aromatic rings. The molecule has 7 heteroatoms. The SMILES string of the molecule is C=C(C)COc1ccccc1CN1CCNC(=O)C1CC(=O)NN. The van der Waals surface area contributed by atoms with E-state index in [1.165, 1.54) is 0 Å². The van der Waals surface area contributed by atoms with Crippen LogP contribution < -0.4 is 21.3 Å². The molecule has 7 nitrogen and oxygen atoms in total. The number of hydrogen-bond donors (Lipinski definition) is 3. The summed E-state index contributed by atoms with van der Waals surface area (Å²) in [7, 11) is 0. The van der Waals surface area contributed by atoms with Gasteiger partial charge in [-0.3, -0.25) is 19.9 Å². The smallest absolute Gasteiger partial charge is 0.237 e. The highest BCUT2D eigenvalue weighted by atomic mass is 16.5. The van der Waals surface area contributed by atoms with Crippen LogP contribution in [0.15, 0.2) is 36.4 Å². The molecule has 4 N–H and O–H groups in total. The number of piperazine rings is 1. The quantitative estimate of drug-likeness (QED) is 0.289. The summed E-state index contributed by atoms with van der Waals surface area (Å²) in [5.74, 6) is 5.38. The molecule has 1 heterocycles. The van der Waals surface area contributed by atoms with Crippen molar-refractivity contribution < 1.29 is 14.3 Å². The molecule has 2 amide bonds. The molecule has 1 saturated heterocycles. The monoisotopic (exact) mass is 332 g/mol. The normalized spacial score (nSPS) is 17.9. The van der Waals surface area contributed by atoms with Gasteiger partial charge in [-0.25, -0.2) is 5.84 Å². The Balaban J connectivity index is 2.13. The van der Waals surface area contributed by atoms with Crippen LogP contribution in [0, 0.1) is 0 Å². The predicted octanol–water partition coefficient (Wildman–Crippen LogP) is 0.322. The van der Waals surface area contributed by atoms with Crippen LogP contribution in [-0.4, -0.2) is 42.5 Å². The Hall–Kier alpha value is -2.38. The minimum Gasteiger partial charge on any atom is -0.489 e. The van der Waals surface area contributed by atoms with Gasteiger partial charge in [0, 0.05) is 25.2 Å². The fourth-order valence-corrected chi connectivity index (χ4v) is 2.60. The van der Waals surface area contributed by atoms with Gasteiger partial charge >= 0.3 is 0 Å². The summed E-state index contributed by atoms with van der Waals surface area (Å²) in [6.45, 7) is 7.90. The number of nitrogens with one attached hydrogen (secondary N) is 2. The van der Waals surface area contributed by atoms with E-state index in [-0.39, 0.29) is 18.2 Å². The van der Waals surface area contributed by atoms with Gasteiger partial charge in [-0.15, -0.1) is 0 Å². The lowest BCUT2D eigenvalue weighted by Crippen LogP contribution is -2.56. The standard InChI is InChI=1S/C17H24N4O3/c1-12(2)11-24-15-6-4-3-5-13(15)10-21-8-7-19-17(23)14(21)9-16(22)20-18/h3-6,14H,1,7-11,18H2,2H3,(H,19,23)(H,20,22). The van der Waals surface area contributed by atoms with Crippen LogP contribution >= 0.6 is 0 Å². The van der Waals surface area contributed by atoms with Gasteiger partial charge in [0.15, 0.2) is 0 Å². The number of rotatable bonds is 7. The minimum atomic E-state index is -0.545. The van der Waals surface area contributed by atoms with Gasteiger partial charge in [-0.2, -0.15) is 0 Å². The number of nitrogens with zero attached hydrogens (tertiary/aromatic N) is 1. The molecular weight excluding hydrogens is 308 g/mol. The van der Waals surface area contributed by atoms with Gasteiger partial charge in [0.05, 0.1) is 12.5 Å². The first kappa shape index (κ1) is 18.0. The Morgan fingerprint density at radius 3 is 2.96 bits per heavy atom. The van der Waals surface area contributed by atoms with Crippen LogP contribution in [0.5, 0.6) is 5.75 Å². The molecule has 0 aromatic heterocycles. The Labute approximate surface area is 141 Å². The van der Waals surface area contributed by atoms with Crippen LogP contribution in [0.1, 0.15) is 18.9 Å². The minimum absolute atomic E-state index is 0.0249. The van der Waals surface area contributed by atoms with Crippen molar-refractivity contribution in [3.8, 4) is 5.75 Å². The number of carbonyl (C=O) groups is 2. The maximum absolute atomic E-state index is 12.1. The zero-order chi connectivity index (χ0) is 17.5. The zero-order valence-electron chi connectivity index (χ0n) is 13.9. The number of nitrogens with two attached hydrogens (primary N) is 1. The van der Waals surface area contributed by atoms with Crippen molar-refractivity contribution in [3.63, 3.8) is 0 Å². The average Bonchev–Trinajstić information content (AvgIpc) is 2.56. The van der Waals surface area contributed by atoms with E-state index in [9.17, 15) is 9.59 Å². The molecule has 0 saturated carbocycles. The summed E-state index contributed by atoms with van der Waals surface area (Å²) in [6, 6.07) is 7.13. The number of hydrogen-bond acceptors (Lipinski definition) is 5. The van der Waals surface area contributed by atoms with Crippen molar-refractivity contribution in [2.24, 2.45) is 5.84 Å². The van der Waals surface area contributed by atoms with E-state index in [1.807, 2.05) is 36.1 Å². The lowest BCUT2D eigenvalue weighted by atomic mass is 10.1. The lowest BCUT2D eigenvalue weighted by Gasteiger charge is -2.34. The van der Waals surface area contributed by atoms with Gasteiger partial charge in [0.2, 0.25) is 11.8 Å². The molecule has 1 unspecified atom stereocenters. The van der Waals surface area contributed by atoms with E-state index in [4.69, 9.17) is 10.6 Å². The van der Waals surface area contributed by atoms with Gasteiger partial charge in [-0.1, -0.05) is 24.8 Å². The first-order valence-electron chi connectivity index (χ1n) is 7.87. The average molecular weight is 332 g/mol. The van der Waals surface area contributed by atoms with Gasteiger partial charge in [-0.05, 0) is 18.6 Å². The molecule has 0 bridgehead atoms. The number of amides is 2. The van der Waals surface area contributed by atoms with Crippen LogP contribution in [0.3, 0.4) is 0 Å². The molecule has 1 fully saturated rings. The third kappa shape index (κ3) is 4.81. The van der Waals surface area contributed by atoms with Crippen molar-refractivity contribution in [2.45, 2.75) is 25.9 Å². The van der Waals surface area contributed by atoms with Crippen LogP contribution in [0.4, 0.5) is 0 Å². The van der Waals surface area contributed by atoms with Gasteiger partial charge in [0.1, 0.15) is 12.4 Å². The predicted molar refractivity (Wildman–Crippen MR) is 90.9 cm³/mol. The Bertz CT molecular complexity index is 618. The Morgan fingerprint density at radius 2 is 2.25 bits per heavy atom. The molecule has 2 rings (SSSR count). The summed E-state index contributed by atoms with van der Waals surface area (Å²) >= 11 is 0. The molecule has 1 aromatic carbocycles. The molecule has 24 heavy (non-hydrogen) atoms. The van der Waals surface area contributed by atoms with E-state index < -0.39 is 6.04 Å². The topological polar surface area (TPSA) is 96.7 Å². The second-order valence-electron chi connectivity index (χ2n) is 5.90. The van der Waals surface area contributed by atoms with E-state index in [0.29, 0.717) is 26.2 Å². The van der Waals surface area contributed by atoms with Crippen molar-refractivity contribution in [1.29, 1.82) is 0 Å². The van der Waals surface area contributed by atoms with E-state index in [1.54, 1.807) is 0 Å². The first-order valence-corrected chi connectivity index (χ1v) is 7.87. The van der Waals surface area contributed by atoms with Gasteiger partial charge in [0.25, 0.3) is 0 Å². The lowest BCUT2D eigenvalue weighted by molar-refractivity contribution is -0.134. The summed E-state index contributed by atoms with van der Waals surface area (Å²) in [6.07, 6.45) is 0.0249. The molecule has 1 atom stereocenters. The second kappa shape index (κ2) is 8.47. The molecule has 1 aliphatic heterocycles. The zero-order valence-corrected chi connectivity index (χ0v) is 13.9.